The molecule has 18 heavy (non-hydrogen) atoms. The number of sulfonamides is 1. The average molecular weight is 290 g/mol. The van der Waals surface area contributed by atoms with Crippen molar-refractivity contribution < 1.29 is 8.42 Å². The Balaban J connectivity index is 3.22. The zero-order valence-corrected chi connectivity index (χ0v) is 12.8. The van der Waals surface area contributed by atoms with Crippen molar-refractivity contribution >= 4 is 21.6 Å². The largest absolute Gasteiger partial charge is 0.243 e. The molecule has 1 aromatic carbocycles. The third kappa shape index (κ3) is 3.25. The molecule has 0 fully saturated rings. The van der Waals surface area contributed by atoms with Crippen LogP contribution in [0.2, 0.25) is 0 Å². The minimum atomic E-state index is -3.45. The minimum Gasteiger partial charge on any atom is -0.207 e. The maximum absolute atomic E-state index is 12.5. The highest BCUT2D eigenvalue weighted by Crippen LogP contribution is 2.20. The zero-order chi connectivity index (χ0) is 13.9. The van der Waals surface area contributed by atoms with Crippen molar-refractivity contribution in [3.05, 3.63) is 29.3 Å². The maximum atomic E-state index is 12.5. The second-order valence-corrected chi connectivity index (χ2v) is 6.91. The van der Waals surface area contributed by atoms with Crippen LogP contribution in [0.3, 0.4) is 0 Å². The Labute approximate surface area is 115 Å². The van der Waals surface area contributed by atoms with E-state index in [1.54, 1.807) is 12.1 Å². The summed E-state index contributed by atoms with van der Waals surface area (Å²) in [6.07, 6.45) is 0. The van der Waals surface area contributed by atoms with E-state index in [4.69, 9.17) is 11.6 Å². The molecule has 0 atom stereocenters. The number of alkyl halides is 1. The molecule has 0 bridgehead atoms. The van der Waals surface area contributed by atoms with Crippen molar-refractivity contribution in [1.82, 2.24) is 4.31 Å². The van der Waals surface area contributed by atoms with Gasteiger partial charge in [0.1, 0.15) is 0 Å². The molecular weight excluding hydrogens is 270 g/mol. The number of hydrogen-bond acceptors (Lipinski definition) is 2. The lowest BCUT2D eigenvalue weighted by molar-refractivity contribution is 0.370. The summed E-state index contributed by atoms with van der Waals surface area (Å²) in [5.41, 5.74) is 2.06. The maximum Gasteiger partial charge on any atom is 0.243 e. The molecule has 1 aromatic rings. The molecule has 0 saturated heterocycles. The predicted molar refractivity (Wildman–Crippen MR) is 75.7 cm³/mol. The second kappa shape index (κ2) is 6.04. The second-order valence-electron chi connectivity index (χ2n) is 4.64. The predicted octanol–water partition coefficient (Wildman–Crippen LogP) is 2.94. The summed E-state index contributed by atoms with van der Waals surface area (Å²) in [5, 5.41) is 0. The Bertz CT molecular complexity index is 512. The summed E-state index contributed by atoms with van der Waals surface area (Å²) in [5.74, 6) is 0.294. The molecule has 0 aliphatic carbocycles. The molecular formula is C13H20ClNO2S. The van der Waals surface area contributed by atoms with E-state index >= 15 is 0 Å². The normalized spacial score (nSPS) is 12.4. The SMILES string of the molecule is Cc1ccc(S(=O)(=O)N(CCCl)C(C)C)cc1C. The van der Waals surface area contributed by atoms with Gasteiger partial charge in [-0.2, -0.15) is 4.31 Å². The smallest absolute Gasteiger partial charge is 0.207 e. The number of rotatable bonds is 5. The van der Waals surface area contributed by atoms with Gasteiger partial charge in [0.15, 0.2) is 0 Å². The number of hydrogen-bond donors (Lipinski definition) is 0. The van der Waals surface area contributed by atoms with Crippen molar-refractivity contribution in [1.29, 1.82) is 0 Å². The van der Waals surface area contributed by atoms with E-state index in [1.807, 2.05) is 33.8 Å². The van der Waals surface area contributed by atoms with E-state index in [0.717, 1.165) is 11.1 Å². The molecule has 102 valence electrons. The van der Waals surface area contributed by atoms with E-state index in [2.05, 4.69) is 0 Å². The first-order valence-electron chi connectivity index (χ1n) is 5.95. The van der Waals surface area contributed by atoms with Crippen LogP contribution in [0.5, 0.6) is 0 Å². The topological polar surface area (TPSA) is 37.4 Å². The third-order valence-corrected chi connectivity index (χ3v) is 5.21. The molecule has 0 N–H and O–H groups in total. The summed E-state index contributed by atoms with van der Waals surface area (Å²) < 4.78 is 26.4. The van der Waals surface area contributed by atoms with Crippen molar-refractivity contribution in [2.45, 2.75) is 38.6 Å². The van der Waals surface area contributed by atoms with Crippen LogP contribution in [0.15, 0.2) is 23.1 Å². The van der Waals surface area contributed by atoms with Gasteiger partial charge in [-0.15, -0.1) is 11.6 Å². The first kappa shape index (κ1) is 15.5. The van der Waals surface area contributed by atoms with E-state index in [0.29, 0.717) is 17.3 Å². The first-order valence-corrected chi connectivity index (χ1v) is 7.93. The standard InChI is InChI=1S/C13H20ClNO2S/c1-10(2)15(8-7-14)18(16,17)13-6-5-11(3)12(4)9-13/h5-6,9-10H,7-8H2,1-4H3. The third-order valence-electron chi connectivity index (χ3n) is 2.97. The number of halogens is 1. The number of nitrogens with zero attached hydrogens (tertiary/aromatic N) is 1. The van der Waals surface area contributed by atoms with E-state index in [9.17, 15) is 8.42 Å². The minimum absolute atomic E-state index is 0.102. The molecule has 0 aliphatic rings. The highest BCUT2D eigenvalue weighted by Gasteiger charge is 2.26. The molecule has 0 aliphatic heterocycles. The molecule has 0 unspecified atom stereocenters. The Morgan fingerprint density at radius 1 is 1.22 bits per heavy atom. The van der Waals surface area contributed by atoms with Gasteiger partial charge in [-0.25, -0.2) is 8.42 Å². The molecule has 3 nitrogen and oxygen atoms in total. The van der Waals surface area contributed by atoms with Gasteiger partial charge < -0.3 is 0 Å². The summed E-state index contributed by atoms with van der Waals surface area (Å²) in [4.78, 5) is 0.337. The van der Waals surface area contributed by atoms with Gasteiger partial charge in [-0.1, -0.05) is 6.07 Å². The van der Waals surface area contributed by atoms with Gasteiger partial charge in [0, 0.05) is 18.5 Å². The molecule has 0 spiro atoms. The van der Waals surface area contributed by atoms with Gasteiger partial charge in [0.25, 0.3) is 0 Å². The molecule has 0 amide bonds. The fourth-order valence-corrected chi connectivity index (χ4v) is 3.75. The molecule has 1 rings (SSSR count). The summed E-state index contributed by atoms with van der Waals surface area (Å²) in [6.45, 7) is 7.91. The molecule has 5 heteroatoms. The van der Waals surface area contributed by atoms with Crippen LogP contribution in [0.25, 0.3) is 0 Å². The van der Waals surface area contributed by atoms with Gasteiger partial charge in [-0.05, 0) is 51.0 Å². The van der Waals surface area contributed by atoms with E-state index in [-0.39, 0.29) is 6.04 Å². The van der Waals surface area contributed by atoms with Gasteiger partial charge in [0.2, 0.25) is 10.0 Å². The van der Waals surface area contributed by atoms with Crippen LogP contribution in [-0.2, 0) is 10.0 Å². The highest BCUT2D eigenvalue weighted by molar-refractivity contribution is 7.89. The van der Waals surface area contributed by atoms with Gasteiger partial charge in [-0.3, -0.25) is 0 Å². The first-order chi connectivity index (χ1) is 8.30. The van der Waals surface area contributed by atoms with Crippen molar-refractivity contribution in [2.75, 3.05) is 12.4 Å². The Morgan fingerprint density at radius 3 is 2.28 bits per heavy atom. The van der Waals surface area contributed by atoms with Crippen molar-refractivity contribution in [3.63, 3.8) is 0 Å². The Morgan fingerprint density at radius 2 is 1.83 bits per heavy atom. The van der Waals surface area contributed by atoms with Crippen LogP contribution in [0, 0.1) is 13.8 Å². The summed E-state index contributed by atoms with van der Waals surface area (Å²) >= 11 is 5.68. The van der Waals surface area contributed by atoms with Gasteiger partial charge in [0.05, 0.1) is 4.90 Å². The van der Waals surface area contributed by atoms with Crippen LogP contribution in [0.4, 0.5) is 0 Å². The molecule has 0 radical (unpaired) electrons. The van der Waals surface area contributed by atoms with E-state index in [1.165, 1.54) is 4.31 Å². The fourth-order valence-electron chi connectivity index (χ4n) is 1.75. The van der Waals surface area contributed by atoms with Crippen molar-refractivity contribution in [3.8, 4) is 0 Å². The van der Waals surface area contributed by atoms with E-state index < -0.39 is 10.0 Å². The summed E-state index contributed by atoms with van der Waals surface area (Å²) in [6, 6.07) is 5.10. The van der Waals surface area contributed by atoms with Crippen LogP contribution in [-0.4, -0.2) is 31.2 Å². The zero-order valence-electron chi connectivity index (χ0n) is 11.3. The molecule has 0 saturated carbocycles. The van der Waals surface area contributed by atoms with Crippen molar-refractivity contribution in [2.24, 2.45) is 0 Å². The van der Waals surface area contributed by atoms with Gasteiger partial charge >= 0.3 is 0 Å². The Hall–Kier alpha value is -0.580. The van der Waals surface area contributed by atoms with Crippen LogP contribution in [0.1, 0.15) is 25.0 Å². The average Bonchev–Trinajstić information content (AvgIpc) is 2.28. The highest BCUT2D eigenvalue weighted by atomic mass is 35.5. The summed E-state index contributed by atoms with van der Waals surface area (Å²) in [7, 11) is -3.45. The van der Waals surface area contributed by atoms with Crippen LogP contribution < -0.4 is 0 Å². The number of benzene rings is 1. The molecule has 0 aromatic heterocycles. The monoisotopic (exact) mass is 289 g/mol. The fraction of sp³-hybridized carbons (Fsp3) is 0.538. The van der Waals surface area contributed by atoms with Crippen LogP contribution >= 0.6 is 11.6 Å². The lowest BCUT2D eigenvalue weighted by Gasteiger charge is -2.25. The lowest BCUT2D eigenvalue weighted by Crippen LogP contribution is -2.38. The molecule has 0 heterocycles. The lowest BCUT2D eigenvalue weighted by atomic mass is 10.1. The Kier molecular flexibility index (Phi) is 5.20. The number of aryl methyl sites for hydroxylation is 2. The quantitative estimate of drug-likeness (QED) is 0.782.